The number of aromatic nitrogens is 3. The van der Waals surface area contributed by atoms with Crippen molar-refractivity contribution in [3.8, 4) is 11.4 Å². The minimum atomic E-state index is -0.111. The smallest absolute Gasteiger partial charge is 0.174 e. The summed E-state index contributed by atoms with van der Waals surface area (Å²) in [5.41, 5.74) is 4.02. The second-order valence-corrected chi connectivity index (χ2v) is 7.82. The number of ether oxygens (including phenoxy) is 1. The van der Waals surface area contributed by atoms with Crippen LogP contribution in [-0.4, -0.2) is 26.3 Å². The van der Waals surface area contributed by atoms with Crippen molar-refractivity contribution in [2.75, 3.05) is 11.5 Å². The van der Waals surface area contributed by atoms with E-state index in [2.05, 4.69) is 43.1 Å². The lowest BCUT2D eigenvalue weighted by atomic mass is 10.0. The number of thiocarbonyl (C=S) groups is 1. The second kappa shape index (κ2) is 8.80. The SMILES string of the molecule is CCOc1ccc(N2C(=S)NC(c3ccccn3)C2c2cccn2-c2cccnc2)cc1. The molecule has 1 aliphatic rings. The summed E-state index contributed by atoms with van der Waals surface area (Å²) in [5.74, 6) is 0.839. The fourth-order valence-corrected chi connectivity index (χ4v) is 4.52. The Kier molecular flexibility index (Phi) is 5.56. The molecule has 2 atom stereocenters. The highest BCUT2D eigenvalue weighted by Gasteiger charge is 2.42. The number of hydrogen-bond donors (Lipinski definition) is 1. The maximum atomic E-state index is 5.83. The molecule has 1 aliphatic heterocycles. The molecule has 2 unspecified atom stereocenters. The largest absolute Gasteiger partial charge is 0.494 e. The van der Waals surface area contributed by atoms with Crippen LogP contribution in [-0.2, 0) is 0 Å². The minimum Gasteiger partial charge on any atom is -0.494 e. The summed E-state index contributed by atoms with van der Waals surface area (Å²) in [6.45, 7) is 2.61. The first-order valence-corrected chi connectivity index (χ1v) is 11.0. The molecular formula is C25H23N5OS. The predicted octanol–water partition coefficient (Wildman–Crippen LogP) is 4.84. The summed E-state index contributed by atoms with van der Waals surface area (Å²) in [4.78, 5) is 11.1. The van der Waals surface area contributed by atoms with E-state index < -0.39 is 0 Å². The lowest BCUT2D eigenvalue weighted by molar-refractivity contribution is 0.340. The predicted molar refractivity (Wildman–Crippen MR) is 129 cm³/mol. The van der Waals surface area contributed by atoms with E-state index in [1.807, 2.05) is 73.9 Å². The van der Waals surface area contributed by atoms with E-state index >= 15 is 0 Å². The van der Waals surface area contributed by atoms with Gasteiger partial charge in [-0.2, -0.15) is 0 Å². The summed E-state index contributed by atoms with van der Waals surface area (Å²) in [5, 5.41) is 4.17. The van der Waals surface area contributed by atoms with Crippen LogP contribution < -0.4 is 15.0 Å². The molecule has 0 radical (unpaired) electrons. The normalized spacial score (nSPS) is 17.9. The number of benzene rings is 1. The summed E-state index contributed by atoms with van der Waals surface area (Å²) < 4.78 is 7.79. The minimum absolute atomic E-state index is 0.106. The van der Waals surface area contributed by atoms with Gasteiger partial charge >= 0.3 is 0 Å². The molecule has 5 rings (SSSR count). The van der Waals surface area contributed by atoms with E-state index in [-0.39, 0.29) is 12.1 Å². The summed E-state index contributed by atoms with van der Waals surface area (Å²) in [7, 11) is 0. The molecule has 160 valence electrons. The summed E-state index contributed by atoms with van der Waals surface area (Å²) in [6, 6.07) is 22.0. The van der Waals surface area contributed by atoms with Crippen molar-refractivity contribution in [1.82, 2.24) is 19.9 Å². The Labute approximate surface area is 192 Å². The van der Waals surface area contributed by atoms with Crippen molar-refractivity contribution in [2.45, 2.75) is 19.0 Å². The fourth-order valence-electron chi connectivity index (χ4n) is 4.17. The van der Waals surface area contributed by atoms with Crippen LogP contribution >= 0.6 is 12.2 Å². The van der Waals surface area contributed by atoms with Crippen LogP contribution in [0.15, 0.2) is 91.5 Å². The Morgan fingerprint density at radius 1 is 0.969 bits per heavy atom. The first-order valence-electron chi connectivity index (χ1n) is 10.6. The number of anilines is 1. The van der Waals surface area contributed by atoms with Gasteiger partial charge in [-0.05, 0) is 79.8 Å². The molecule has 7 heteroatoms. The Hall–Kier alpha value is -3.71. The van der Waals surface area contributed by atoms with E-state index in [0.29, 0.717) is 11.7 Å². The zero-order valence-corrected chi connectivity index (χ0v) is 18.4. The number of hydrogen-bond acceptors (Lipinski definition) is 4. The standard InChI is InChI=1S/C25H23N5OS/c1-2-31-20-12-10-18(11-13-20)30-24(23(28-25(30)32)21-8-3-4-15-27-21)22-9-6-16-29(22)19-7-5-14-26-17-19/h3-17,23-24H,2H2,1H3,(H,28,32). The van der Waals surface area contributed by atoms with Gasteiger partial charge in [-0.15, -0.1) is 0 Å². The number of rotatable bonds is 6. The van der Waals surface area contributed by atoms with Crippen LogP contribution in [0.5, 0.6) is 5.75 Å². The van der Waals surface area contributed by atoms with Crippen LogP contribution in [0.2, 0.25) is 0 Å². The average Bonchev–Trinajstić information content (AvgIpc) is 3.45. The lowest BCUT2D eigenvalue weighted by Crippen LogP contribution is -2.30. The summed E-state index contributed by atoms with van der Waals surface area (Å²) >= 11 is 5.83. The van der Waals surface area contributed by atoms with Crippen LogP contribution in [0.25, 0.3) is 5.69 Å². The van der Waals surface area contributed by atoms with Crippen molar-refractivity contribution in [3.63, 3.8) is 0 Å². The Balaban J connectivity index is 1.62. The molecule has 3 aromatic heterocycles. The number of nitrogens with zero attached hydrogens (tertiary/aromatic N) is 4. The van der Waals surface area contributed by atoms with Gasteiger partial charge in [0, 0.05) is 30.0 Å². The van der Waals surface area contributed by atoms with Gasteiger partial charge in [-0.3, -0.25) is 9.97 Å². The molecule has 0 spiro atoms. The van der Waals surface area contributed by atoms with E-state index in [1.165, 1.54) is 0 Å². The van der Waals surface area contributed by atoms with Gasteiger partial charge in [0.2, 0.25) is 0 Å². The molecule has 6 nitrogen and oxygen atoms in total. The molecule has 32 heavy (non-hydrogen) atoms. The quantitative estimate of drug-likeness (QED) is 0.432. The molecular weight excluding hydrogens is 418 g/mol. The van der Waals surface area contributed by atoms with Gasteiger partial charge in [0.1, 0.15) is 11.8 Å². The van der Waals surface area contributed by atoms with Gasteiger partial charge in [0.25, 0.3) is 0 Å². The maximum absolute atomic E-state index is 5.83. The Morgan fingerprint density at radius 2 is 1.84 bits per heavy atom. The van der Waals surface area contributed by atoms with Gasteiger partial charge in [0.05, 0.1) is 30.2 Å². The van der Waals surface area contributed by atoms with E-state index in [0.717, 1.165) is 28.5 Å². The monoisotopic (exact) mass is 441 g/mol. The van der Waals surface area contributed by atoms with Crippen molar-refractivity contribution in [2.24, 2.45) is 0 Å². The third-order valence-electron chi connectivity index (χ3n) is 5.53. The Morgan fingerprint density at radius 3 is 2.56 bits per heavy atom. The van der Waals surface area contributed by atoms with Crippen LogP contribution in [0.3, 0.4) is 0 Å². The molecule has 1 aromatic carbocycles. The van der Waals surface area contributed by atoms with E-state index in [4.69, 9.17) is 17.0 Å². The zero-order chi connectivity index (χ0) is 21.9. The van der Waals surface area contributed by atoms with Gasteiger partial charge < -0.3 is 19.5 Å². The molecule has 1 saturated heterocycles. The van der Waals surface area contributed by atoms with Crippen molar-refractivity contribution in [1.29, 1.82) is 0 Å². The van der Waals surface area contributed by atoms with Gasteiger partial charge in [0.15, 0.2) is 5.11 Å². The third-order valence-corrected chi connectivity index (χ3v) is 5.85. The summed E-state index contributed by atoms with van der Waals surface area (Å²) in [6.07, 6.45) is 7.51. The van der Waals surface area contributed by atoms with Crippen molar-refractivity contribution >= 4 is 23.0 Å². The highest BCUT2D eigenvalue weighted by molar-refractivity contribution is 7.80. The van der Waals surface area contributed by atoms with Crippen molar-refractivity contribution in [3.05, 3.63) is 103 Å². The van der Waals surface area contributed by atoms with E-state index in [9.17, 15) is 0 Å². The Bertz CT molecular complexity index is 1190. The topological polar surface area (TPSA) is 55.2 Å². The lowest BCUT2D eigenvalue weighted by Gasteiger charge is -2.29. The first-order chi connectivity index (χ1) is 15.8. The molecule has 1 fully saturated rings. The molecule has 1 N–H and O–H groups in total. The van der Waals surface area contributed by atoms with Gasteiger partial charge in [-0.25, -0.2) is 0 Å². The van der Waals surface area contributed by atoms with E-state index in [1.54, 1.807) is 6.20 Å². The highest BCUT2D eigenvalue weighted by atomic mass is 32.1. The zero-order valence-electron chi connectivity index (χ0n) is 17.6. The molecule has 0 aliphatic carbocycles. The van der Waals surface area contributed by atoms with Crippen LogP contribution in [0.1, 0.15) is 30.4 Å². The number of nitrogens with one attached hydrogen (secondary N) is 1. The molecule has 0 saturated carbocycles. The fraction of sp³-hybridized carbons (Fsp3) is 0.160. The molecule has 0 amide bonds. The highest BCUT2D eigenvalue weighted by Crippen LogP contribution is 2.42. The molecule has 0 bridgehead atoms. The molecule has 4 heterocycles. The van der Waals surface area contributed by atoms with Crippen molar-refractivity contribution < 1.29 is 4.74 Å². The van der Waals surface area contributed by atoms with Gasteiger partial charge in [-0.1, -0.05) is 6.07 Å². The first kappa shape index (κ1) is 20.2. The average molecular weight is 442 g/mol. The van der Waals surface area contributed by atoms with Crippen LogP contribution in [0.4, 0.5) is 5.69 Å². The van der Waals surface area contributed by atoms with Crippen LogP contribution in [0, 0.1) is 0 Å². The number of pyridine rings is 2. The molecule has 4 aromatic rings. The third kappa shape index (κ3) is 3.71. The second-order valence-electron chi connectivity index (χ2n) is 7.44. The maximum Gasteiger partial charge on any atom is 0.174 e.